The van der Waals surface area contributed by atoms with E-state index in [-0.39, 0.29) is 12.3 Å². The van der Waals surface area contributed by atoms with Crippen molar-refractivity contribution in [2.24, 2.45) is 0 Å². The van der Waals surface area contributed by atoms with E-state index < -0.39 is 11.5 Å². The summed E-state index contributed by atoms with van der Waals surface area (Å²) in [5.41, 5.74) is 5.98. The lowest BCUT2D eigenvalue weighted by molar-refractivity contribution is -0.137. The third-order valence-corrected chi connectivity index (χ3v) is 3.34. The zero-order valence-corrected chi connectivity index (χ0v) is 12.5. The molecule has 0 aliphatic rings. The summed E-state index contributed by atoms with van der Waals surface area (Å²) < 4.78 is 0.647. The second-order valence-corrected chi connectivity index (χ2v) is 5.83. The molecule has 1 aromatic carbocycles. The molecule has 104 valence electrons. The molecule has 6 heteroatoms. The van der Waals surface area contributed by atoms with Crippen LogP contribution >= 0.6 is 15.9 Å². The molecule has 0 bridgehead atoms. The largest absolute Gasteiger partial charge is 0.481 e. The van der Waals surface area contributed by atoms with E-state index in [1.54, 1.807) is 32.0 Å². The van der Waals surface area contributed by atoms with Gasteiger partial charge in [0.15, 0.2) is 0 Å². The van der Waals surface area contributed by atoms with Gasteiger partial charge in [-0.25, -0.2) is 0 Å². The van der Waals surface area contributed by atoms with Gasteiger partial charge in [-0.15, -0.1) is 0 Å². The molecule has 5 nitrogen and oxygen atoms in total. The van der Waals surface area contributed by atoms with Gasteiger partial charge in [0.05, 0.1) is 5.56 Å². The lowest BCUT2D eigenvalue weighted by Crippen LogP contribution is -2.43. The highest BCUT2D eigenvalue weighted by Crippen LogP contribution is 2.21. The number of rotatable bonds is 5. The molecular formula is C13H17BrN2O3. The molecule has 0 aliphatic carbocycles. The van der Waals surface area contributed by atoms with Crippen LogP contribution in [0.3, 0.4) is 0 Å². The predicted octanol–water partition coefficient (Wildman–Crippen LogP) is 2.40. The van der Waals surface area contributed by atoms with Gasteiger partial charge in [-0.3, -0.25) is 9.59 Å². The third-order valence-electron chi connectivity index (χ3n) is 2.65. The highest BCUT2D eigenvalue weighted by molar-refractivity contribution is 9.10. The summed E-state index contributed by atoms with van der Waals surface area (Å²) in [5.74, 6) is -1.16. The van der Waals surface area contributed by atoms with Crippen molar-refractivity contribution < 1.29 is 14.7 Å². The molecule has 1 amide bonds. The number of carboxylic acids is 1. The summed E-state index contributed by atoms with van der Waals surface area (Å²) in [4.78, 5) is 22.7. The van der Waals surface area contributed by atoms with Gasteiger partial charge in [0.25, 0.3) is 5.91 Å². The molecule has 0 radical (unpaired) electrons. The Morgan fingerprint density at radius 1 is 1.42 bits per heavy atom. The smallest absolute Gasteiger partial charge is 0.303 e. The van der Waals surface area contributed by atoms with Gasteiger partial charge in [0, 0.05) is 22.1 Å². The van der Waals surface area contributed by atoms with Crippen molar-refractivity contribution in [3.63, 3.8) is 0 Å². The topological polar surface area (TPSA) is 92.4 Å². The van der Waals surface area contributed by atoms with Crippen molar-refractivity contribution in [1.82, 2.24) is 5.32 Å². The van der Waals surface area contributed by atoms with Crippen LogP contribution in [0.1, 0.15) is 37.0 Å². The normalized spacial score (nSPS) is 11.1. The van der Waals surface area contributed by atoms with Crippen molar-refractivity contribution in [2.75, 3.05) is 5.73 Å². The summed E-state index contributed by atoms with van der Waals surface area (Å²) in [6.45, 7) is 3.57. The maximum absolute atomic E-state index is 12.1. The van der Waals surface area contributed by atoms with Crippen LogP contribution in [0.5, 0.6) is 0 Å². The molecule has 0 saturated carbocycles. The minimum absolute atomic E-state index is 0.00534. The van der Waals surface area contributed by atoms with E-state index >= 15 is 0 Å². The monoisotopic (exact) mass is 328 g/mol. The van der Waals surface area contributed by atoms with Crippen molar-refractivity contribution in [2.45, 2.75) is 32.2 Å². The van der Waals surface area contributed by atoms with Gasteiger partial charge < -0.3 is 16.2 Å². The second kappa shape index (κ2) is 6.06. The van der Waals surface area contributed by atoms with E-state index in [1.165, 1.54) is 0 Å². The first kappa shape index (κ1) is 15.5. The van der Waals surface area contributed by atoms with Gasteiger partial charge >= 0.3 is 5.97 Å². The van der Waals surface area contributed by atoms with Crippen LogP contribution < -0.4 is 11.1 Å². The van der Waals surface area contributed by atoms with Gasteiger partial charge in [-0.2, -0.15) is 0 Å². The number of carbonyl (C=O) groups is 2. The van der Waals surface area contributed by atoms with Crippen molar-refractivity contribution in [3.8, 4) is 0 Å². The Morgan fingerprint density at radius 3 is 2.63 bits per heavy atom. The quantitative estimate of drug-likeness (QED) is 0.723. The molecule has 0 unspecified atom stereocenters. The molecule has 0 heterocycles. The van der Waals surface area contributed by atoms with Crippen molar-refractivity contribution in [3.05, 3.63) is 28.2 Å². The first-order chi connectivity index (χ1) is 8.71. The molecule has 0 atom stereocenters. The number of amides is 1. The SMILES string of the molecule is CC(C)(CCC(=O)O)NC(=O)c1cc(N)ccc1Br. The Morgan fingerprint density at radius 2 is 2.05 bits per heavy atom. The Bertz CT molecular complexity index is 501. The van der Waals surface area contributed by atoms with E-state index in [0.717, 1.165) is 0 Å². The molecule has 0 aromatic heterocycles. The Balaban J connectivity index is 2.78. The van der Waals surface area contributed by atoms with Crippen LogP contribution in [0.4, 0.5) is 5.69 Å². The fourth-order valence-electron chi connectivity index (χ4n) is 1.57. The number of hydrogen-bond acceptors (Lipinski definition) is 3. The highest BCUT2D eigenvalue weighted by Gasteiger charge is 2.23. The number of anilines is 1. The minimum atomic E-state index is -0.882. The van der Waals surface area contributed by atoms with E-state index in [1.807, 2.05) is 0 Å². The molecule has 0 fully saturated rings. The van der Waals surface area contributed by atoms with E-state index in [9.17, 15) is 9.59 Å². The molecular weight excluding hydrogens is 312 g/mol. The fraction of sp³-hybridized carbons (Fsp3) is 0.385. The molecule has 1 aromatic rings. The average Bonchev–Trinajstić information content (AvgIpc) is 2.29. The van der Waals surface area contributed by atoms with Gasteiger partial charge in [-0.05, 0) is 54.4 Å². The number of carboxylic acid groups (broad SMARTS) is 1. The lowest BCUT2D eigenvalue weighted by atomic mass is 9.97. The molecule has 4 N–H and O–H groups in total. The maximum atomic E-state index is 12.1. The highest BCUT2D eigenvalue weighted by atomic mass is 79.9. The summed E-state index contributed by atoms with van der Waals surface area (Å²) in [5, 5.41) is 11.5. The van der Waals surface area contributed by atoms with E-state index in [2.05, 4.69) is 21.2 Å². The standard InChI is InChI=1S/C13H17BrN2O3/c1-13(2,6-5-11(17)18)16-12(19)9-7-8(15)3-4-10(9)14/h3-4,7H,5-6,15H2,1-2H3,(H,16,19)(H,17,18). The first-order valence-corrected chi connectivity index (χ1v) is 6.60. The number of hydrogen-bond donors (Lipinski definition) is 3. The van der Waals surface area contributed by atoms with Gasteiger partial charge in [0.2, 0.25) is 0 Å². The second-order valence-electron chi connectivity index (χ2n) is 4.97. The summed E-state index contributed by atoms with van der Waals surface area (Å²) in [6, 6.07) is 4.97. The molecule has 19 heavy (non-hydrogen) atoms. The Labute approximate surface area is 120 Å². The Hall–Kier alpha value is -1.56. The molecule has 0 saturated heterocycles. The van der Waals surface area contributed by atoms with Crippen LogP contribution in [0.25, 0.3) is 0 Å². The number of nitrogens with one attached hydrogen (secondary N) is 1. The maximum Gasteiger partial charge on any atom is 0.303 e. The Kier molecular flexibility index (Phi) is 4.94. The first-order valence-electron chi connectivity index (χ1n) is 5.80. The number of benzene rings is 1. The zero-order valence-electron chi connectivity index (χ0n) is 10.9. The zero-order chi connectivity index (χ0) is 14.6. The van der Waals surface area contributed by atoms with E-state index in [4.69, 9.17) is 10.8 Å². The van der Waals surface area contributed by atoms with Crippen LogP contribution in [0.15, 0.2) is 22.7 Å². The summed E-state index contributed by atoms with van der Waals surface area (Å²) >= 11 is 3.29. The van der Waals surface area contributed by atoms with E-state index in [0.29, 0.717) is 22.1 Å². The van der Waals surface area contributed by atoms with Crippen LogP contribution in [0.2, 0.25) is 0 Å². The molecule has 1 rings (SSSR count). The average molecular weight is 329 g/mol. The molecule has 0 aliphatic heterocycles. The van der Waals surface area contributed by atoms with Crippen LogP contribution in [-0.4, -0.2) is 22.5 Å². The number of nitrogen functional groups attached to an aromatic ring is 1. The molecule has 0 spiro atoms. The van der Waals surface area contributed by atoms with Crippen molar-refractivity contribution >= 4 is 33.5 Å². The van der Waals surface area contributed by atoms with Crippen molar-refractivity contribution in [1.29, 1.82) is 0 Å². The fourth-order valence-corrected chi connectivity index (χ4v) is 2.00. The summed E-state index contributed by atoms with van der Waals surface area (Å²) in [7, 11) is 0. The van der Waals surface area contributed by atoms with Crippen LogP contribution in [-0.2, 0) is 4.79 Å². The van der Waals surface area contributed by atoms with Crippen LogP contribution in [0, 0.1) is 0 Å². The minimum Gasteiger partial charge on any atom is -0.481 e. The summed E-state index contributed by atoms with van der Waals surface area (Å²) in [6.07, 6.45) is 0.361. The number of halogens is 1. The van der Waals surface area contributed by atoms with Gasteiger partial charge in [0.1, 0.15) is 0 Å². The number of nitrogens with two attached hydrogens (primary N) is 1. The third kappa shape index (κ3) is 4.90. The van der Waals surface area contributed by atoms with Gasteiger partial charge in [-0.1, -0.05) is 0 Å². The lowest BCUT2D eigenvalue weighted by Gasteiger charge is -2.26. The number of carbonyl (C=O) groups excluding carboxylic acids is 1. The predicted molar refractivity (Wildman–Crippen MR) is 77.0 cm³/mol. The number of aliphatic carboxylic acids is 1.